The monoisotopic (exact) mass is 329 g/mol. The van der Waals surface area contributed by atoms with Gasteiger partial charge in [0.2, 0.25) is 11.8 Å². The molecule has 0 spiro atoms. The minimum atomic E-state index is 0.0339. The van der Waals surface area contributed by atoms with Crippen molar-refractivity contribution in [3.8, 4) is 11.5 Å². The summed E-state index contributed by atoms with van der Waals surface area (Å²) < 4.78 is 5.84. The molecule has 3 rings (SSSR count). The molecule has 2 amide bonds. The Balaban J connectivity index is 1.63. The van der Waals surface area contributed by atoms with Gasteiger partial charge >= 0.3 is 6.03 Å². The van der Waals surface area contributed by atoms with Crippen LogP contribution in [0.5, 0.6) is 0 Å². The van der Waals surface area contributed by atoms with Gasteiger partial charge in [-0.05, 0) is 19.1 Å². The van der Waals surface area contributed by atoms with E-state index in [1.54, 1.807) is 19.0 Å². The molecule has 1 saturated heterocycles. The summed E-state index contributed by atoms with van der Waals surface area (Å²) in [6.07, 6.45) is 0. The van der Waals surface area contributed by atoms with E-state index in [4.69, 9.17) is 4.42 Å². The third-order valence-corrected chi connectivity index (χ3v) is 4.33. The van der Waals surface area contributed by atoms with Gasteiger partial charge in [-0.3, -0.25) is 4.90 Å². The van der Waals surface area contributed by atoms with Crippen molar-refractivity contribution >= 4 is 6.03 Å². The first-order valence-corrected chi connectivity index (χ1v) is 8.15. The Bertz CT molecular complexity index is 677. The van der Waals surface area contributed by atoms with Crippen molar-refractivity contribution < 1.29 is 9.21 Å². The Morgan fingerprint density at radius 3 is 2.42 bits per heavy atom. The average molecular weight is 329 g/mol. The van der Waals surface area contributed by atoms with Gasteiger partial charge in [-0.25, -0.2) is 4.79 Å². The van der Waals surface area contributed by atoms with E-state index in [2.05, 4.69) is 22.0 Å². The zero-order valence-corrected chi connectivity index (χ0v) is 14.3. The molecule has 0 saturated carbocycles. The number of carbonyl (C=O) groups is 1. The summed E-state index contributed by atoms with van der Waals surface area (Å²) in [5.74, 6) is 1.15. The topological polar surface area (TPSA) is 65.7 Å². The molecule has 2 aromatic rings. The first kappa shape index (κ1) is 16.4. The SMILES string of the molecule is C[C@@H](c1nnc(-c2ccccc2)o1)N1CCN(C(=O)N(C)C)CC1. The lowest BCUT2D eigenvalue weighted by Crippen LogP contribution is -2.51. The molecule has 0 unspecified atom stereocenters. The largest absolute Gasteiger partial charge is 0.419 e. The Morgan fingerprint density at radius 2 is 1.79 bits per heavy atom. The summed E-state index contributed by atoms with van der Waals surface area (Å²) in [5, 5.41) is 8.36. The van der Waals surface area contributed by atoms with Gasteiger partial charge in [0.1, 0.15) is 0 Å². The van der Waals surface area contributed by atoms with Crippen LogP contribution in [-0.4, -0.2) is 71.2 Å². The third kappa shape index (κ3) is 3.41. The lowest BCUT2D eigenvalue weighted by Gasteiger charge is -2.37. The third-order valence-electron chi connectivity index (χ3n) is 4.33. The van der Waals surface area contributed by atoms with E-state index >= 15 is 0 Å². The standard InChI is InChI=1S/C17H23N5O2/c1-13(21-9-11-22(12-10-21)17(23)20(2)3)15-18-19-16(24-15)14-7-5-4-6-8-14/h4-8,13H,9-12H2,1-3H3/t13-/m0/s1. The molecule has 128 valence electrons. The Labute approximate surface area is 141 Å². The lowest BCUT2D eigenvalue weighted by molar-refractivity contribution is 0.0939. The van der Waals surface area contributed by atoms with Crippen LogP contribution in [0.25, 0.3) is 11.5 Å². The van der Waals surface area contributed by atoms with Crippen LogP contribution in [0, 0.1) is 0 Å². The summed E-state index contributed by atoms with van der Waals surface area (Å²) in [5.41, 5.74) is 0.921. The Hall–Kier alpha value is -2.41. The van der Waals surface area contributed by atoms with E-state index in [0.29, 0.717) is 24.9 Å². The normalized spacial score (nSPS) is 16.9. The zero-order valence-electron chi connectivity index (χ0n) is 14.3. The van der Waals surface area contributed by atoms with Gasteiger partial charge in [-0.2, -0.15) is 0 Å². The van der Waals surface area contributed by atoms with E-state index in [0.717, 1.165) is 18.7 Å². The van der Waals surface area contributed by atoms with Crippen LogP contribution >= 0.6 is 0 Å². The van der Waals surface area contributed by atoms with Crippen molar-refractivity contribution in [2.45, 2.75) is 13.0 Å². The zero-order chi connectivity index (χ0) is 17.1. The molecule has 1 aromatic carbocycles. The molecule has 24 heavy (non-hydrogen) atoms. The van der Waals surface area contributed by atoms with E-state index < -0.39 is 0 Å². The maximum atomic E-state index is 12.0. The van der Waals surface area contributed by atoms with Gasteiger partial charge in [0.25, 0.3) is 0 Å². The smallest absolute Gasteiger partial charge is 0.319 e. The number of hydrogen-bond donors (Lipinski definition) is 0. The van der Waals surface area contributed by atoms with Gasteiger partial charge in [0, 0.05) is 45.8 Å². The van der Waals surface area contributed by atoms with E-state index in [1.807, 2.05) is 35.2 Å². The van der Waals surface area contributed by atoms with Crippen LogP contribution in [0.2, 0.25) is 0 Å². The second-order valence-corrected chi connectivity index (χ2v) is 6.19. The quantitative estimate of drug-likeness (QED) is 0.863. The number of hydrogen-bond acceptors (Lipinski definition) is 5. The van der Waals surface area contributed by atoms with Crippen LogP contribution in [0.3, 0.4) is 0 Å². The molecule has 2 heterocycles. The number of aromatic nitrogens is 2. The molecule has 1 aliphatic rings. The number of carbonyl (C=O) groups excluding carboxylic acids is 1. The molecule has 0 aliphatic carbocycles. The fourth-order valence-corrected chi connectivity index (χ4v) is 2.84. The van der Waals surface area contributed by atoms with E-state index in [9.17, 15) is 4.79 Å². The van der Waals surface area contributed by atoms with Gasteiger partial charge in [-0.15, -0.1) is 10.2 Å². The summed E-state index contributed by atoms with van der Waals surface area (Å²) in [7, 11) is 3.56. The molecule has 1 aromatic heterocycles. The highest BCUT2D eigenvalue weighted by Gasteiger charge is 2.28. The molecular formula is C17H23N5O2. The minimum absolute atomic E-state index is 0.0339. The van der Waals surface area contributed by atoms with Crippen LogP contribution in [0.1, 0.15) is 18.9 Å². The number of nitrogens with zero attached hydrogens (tertiary/aromatic N) is 5. The molecule has 7 nitrogen and oxygen atoms in total. The van der Waals surface area contributed by atoms with Crippen LogP contribution < -0.4 is 0 Å². The lowest BCUT2D eigenvalue weighted by atomic mass is 10.2. The van der Waals surface area contributed by atoms with Crippen molar-refractivity contribution in [3.63, 3.8) is 0 Å². The van der Waals surface area contributed by atoms with Crippen molar-refractivity contribution in [2.24, 2.45) is 0 Å². The second-order valence-electron chi connectivity index (χ2n) is 6.19. The highest BCUT2D eigenvalue weighted by Crippen LogP contribution is 2.24. The Morgan fingerprint density at radius 1 is 1.12 bits per heavy atom. The maximum absolute atomic E-state index is 12.0. The summed E-state index contributed by atoms with van der Waals surface area (Å²) in [6.45, 7) is 5.07. The van der Waals surface area contributed by atoms with Crippen LogP contribution in [0.15, 0.2) is 34.7 Å². The number of urea groups is 1. The van der Waals surface area contributed by atoms with Crippen molar-refractivity contribution in [3.05, 3.63) is 36.2 Å². The molecule has 0 bridgehead atoms. The van der Waals surface area contributed by atoms with Gasteiger partial charge in [-0.1, -0.05) is 18.2 Å². The minimum Gasteiger partial charge on any atom is -0.419 e. The van der Waals surface area contributed by atoms with Crippen molar-refractivity contribution in [2.75, 3.05) is 40.3 Å². The summed E-state index contributed by atoms with van der Waals surface area (Å²) >= 11 is 0. The summed E-state index contributed by atoms with van der Waals surface area (Å²) in [4.78, 5) is 17.7. The van der Waals surface area contributed by atoms with Crippen LogP contribution in [-0.2, 0) is 0 Å². The van der Waals surface area contributed by atoms with Gasteiger partial charge < -0.3 is 14.2 Å². The molecule has 1 atom stereocenters. The number of amides is 2. The molecule has 1 fully saturated rings. The maximum Gasteiger partial charge on any atom is 0.319 e. The van der Waals surface area contributed by atoms with Crippen LogP contribution in [0.4, 0.5) is 4.79 Å². The highest BCUT2D eigenvalue weighted by molar-refractivity contribution is 5.73. The average Bonchev–Trinajstić information content (AvgIpc) is 3.11. The van der Waals surface area contributed by atoms with E-state index in [1.165, 1.54) is 0 Å². The first-order valence-electron chi connectivity index (χ1n) is 8.15. The molecular weight excluding hydrogens is 306 g/mol. The van der Waals surface area contributed by atoms with Gasteiger partial charge in [0.05, 0.1) is 6.04 Å². The highest BCUT2D eigenvalue weighted by atomic mass is 16.4. The fraction of sp³-hybridized carbons (Fsp3) is 0.471. The first-order chi connectivity index (χ1) is 11.6. The molecule has 0 N–H and O–H groups in total. The predicted molar refractivity (Wildman–Crippen MR) is 90.4 cm³/mol. The molecule has 7 heteroatoms. The second kappa shape index (κ2) is 7.00. The fourth-order valence-electron chi connectivity index (χ4n) is 2.84. The van der Waals surface area contributed by atoms with Crippen molar-refractivity contribution in [1.82, 2.24) is 24.9 Å². The molecule has 1 aliphatic heterocycles. The van der Waals surface area contributed by atoms with Gasteiger partial charge in [0.15, 0.2) is 0 Å². The molecule has 0 radical (unpaired) electrons. The number of piperazine rings is 1. The Kier molecular flexibility index (Phi) is 4.80. The van der Waals surface area contributed by atoms with Crippen molar-refractivity contribution in [1.29, 1.82) is 0 Å². The number of rotatable bonds is 3. The number of benzene rings is 1. The summed E-state index contributed by atoms with van der Waals surface area (Å²) in [6, 6.07) is 9.85. The predicted octanol–water partition coefficient (Wildman–Crippen LogP) is 2.10. The van der Waals surface area contributed by atoms with E-state index in [-0.39, 0.29) is 12.1 Å².